The van der Waals surface area contributed by atoms with E-state index in [0.717, 1.165) is 23.4 Å². The summed E-state index contributed by atoms with van der Waals surface area (Å²) in [5.74, 6) is -0.690. The molecule has 6 rings (SSSR count). The number of rotatable bonds is 10. The first kappa shape index (κ1) is 34.9. The van der Waals surface area contributed by atoms with Crippen LogP contribution in [0, 0.1) is 0 Å². The zero-order valence-electron chi connectivity index (χ0n) is 28.8. The van der Waals surface area contributed by atoms with Gasteiger partial charge in [0.1, 0.15) is 0 Å². The summed E-state index contributed by atoms with van der Waals surface area (Å²) in [4.78, 5) is 66.8. The lowest BCUT2D eigenvalue weighted by Gasteiger charge is -2.40. The van der Waals surface area contributed by atoms with Gasteiger partial charge in [0.25, 0.3) is 5.91 Å². The van der Waals surface area contributed by atoms with Gasteiger partial charge in [-0.3, -0.25) is 24.0 Å². The molecular weight excluding hydrogens is 644 g/mol. The Kier molecular flexibility index (Phi) is 10.7. The predicted molar refractivity (Wildman–Crippen MR) is 200 cm³/mol. The molecule has 0 bridgehead atoms. The van der Waals surface area contributed by atoms with E-state index in [9.17, 15) is 24.0 Å². The molecule has 11 nitrogen and oxygen atoms in total. The van der Waals surface area contributed by atoms with Crippen molar-refractivity contribution >= 4 is 63.7 Å². The Morgan fingerprint density at radius 3 is 2.02 bits per heavy atom. The van der Waals surface area contributed by atoms with E-state index in [0.29, 0.717) is 41.2 Å². The molecule has 0 radical (unpaired) electrons. The van der Waals surface area contributed by atoms with Crippen molar-refractivity contribution in [2.75, 3.05) is 37.6 Å². The van der Waals surface area contributed by atoms with E-state index in [4.69, 9.17) is 0 Å². The minimum absolute atomic E-state index is 0.0392. The third-order valence-corrected chi connectivity index (χ3v) is 9.17. The van der Waals surface area contributed by atoms with Gasteiger partial charge < -0.3 is 31.1 Å². The fraction of sp³-hybridized carbons (Fsp3) is 0.275. The largest absolute Gasteiger partial charge is 0.378 e. The summed E-state index contributed by atoms with van der Waals surface area (Å²) in [5, 5.41) is 12.2. The number of benzene rings is 4. The molecule has 2 aliphatic rings. The molecular formula is C40H42N6O5. The van der Waals surface area contributed by atoms with Crippen LogP contribution in [0.3, 0.4) is 0 Å². The molecule has 2 heterocycles. The number of anilines is 6. The molecule has 2 atom stereocenters. The number of carbonyl (C=O) groups is 5. The maximum absolute atomic E-state index is 13.3. The maximum Gasteiger partial charge on any atom is 0.258 e. The lowest BCUT2D eigenvalue weighted by atomic mass is 9.91. The Morgan fingerprint density at radius 2 is 1.35 bits per heavy atom. The summed E-state index contributed by atoms with van der Waals surface area (Å²) in [6.45, 7) is 4.21. The van der Waals surface area contributed by atoms with Crippen LogP contribution in [0.2, 0.25) is 0 Å². The summed E-state index contributed by atoms with van der Waals surface area (Å²) < 4.78 is 0. The van der Waals surface area contributed by atoms with Gasteiger partial charge in [-0.15, -0.1) is 0 Å². The molecule has 0 unspecified atom stereocenters. The Morgan fingerprint density at radius 1 is 0.765 bits per heavy atom. The molecule has 2 aliphatic heterocycles. The first-order valence-electron chi connectivity index (χ1n) is 17.4. The third-order valence-electron chi connectivity index (χ3n) is 9.17. The normalized spacial score (nSPS) is 16.5. The van der Waals surface area contributed by atoms with Gasteiger partial charge in [-0.25, -0.2) is 0 Å². The lowest BCUT2D eigenvalue weighted by molar-refractivity contribution is -0.119. The highest BCUT2D eigenvalue weighted by atomic mass is 16.2. The van der Waals surface area contributed by atoms with E-state index in [1.54, 1.807) is 47.4 Å². The topological polar surface area (TPSA) is 140 Å². The average Bonchev–Trinajstić information content (AvgIpc) is 3.30. The van der Waals surface area contributed by atoms with Crippen LogP contribution >= 0.6 is 0 Å². The zero-order valence-corrected chi connectivity index (χ0v) is 28.8. The van der Waals surface area contributed by atoms with Crippen molar-refractivity contribution < 1.29 is 24.0 Å². The second kappa shape index (κ2) is 15.7. The lowest BCUT2D eigenvalue weighted by Crippen LogP contribution is -2.44. The van der Waals surface area contributed by atoms with E-state index in [2.05, 4.69) is 34.3 Å². The fourth-order valence-corrected chi connectivity index (χ4v) is 6.63. The summed E-state index contributed by atoms with van der Waals surface area (Å²) in [5.41, 5.74) is 5.80. The van der Waals surface area contributed by atoms with Gasteiger partial charge in [-0.05, 0) is 92.1 Å². The monoisotopic (exact) mass is 686 g/mol. The maximum atomic E-state index is 13.3. The second-order valence-electron chi connectivity index (χ2n) is 12.8. The average molecular weight is 687 g/mol. The Bertz CT molecular complexity index is 1930. The zero-order chi connectivity index (χ0) is 35.9. The standard InChI is InChI=1S/C40H42N6O5/c1-3-39(50)46-26(2)25-33(31-9-4-6-11-34(31)46)41-28-19-21-30(22-20-28)43-37(48)14-8-13-36(47)42-29-17-15-27(16-18-29)40(51)45-24-23-38(49)44-32-10-5-7-12-35(32)45/h4-7,9-12,15-22,26,33,41H,3,8,13-14,23-25H2,1-2H3,(H,42,47)(H,43,48)(H,44,49)/t26-,33+/m0/s1. The second-order valence-corrected chi connectivity index (χ2v) is 12.8. The summed E-state index contributed by atoms with van der Waals surface area (Å²) >= 11 is 0. The quantitative estimate of drug-likeness (QED) is 0.140. The molecule has 51 heavy (non-hydrogen) atoms. The molecule has 5 amide bonds. The molecule has 11 heteroatoms. The highest BCUT2D eigenvalue weighted by Crippen LogP contribution is 2.39. The van der Waals surface area contributed by atoms with Crippen LogP contribution in [0.15, 0.2) is 97.1 Å². The van der Waals surface area contributed by atoms with Gasteiger partial charge in [-0.1, -0.05) is 37.3 Å². The van der Waals surface area contributed by atoms with Gasteiger partial charge in [0.05, 0.1) is 17.4 Å². The minimum Gasteiger partial charge on any atom is -0.378 e. The van der Waals surface area contributed by atoms with Gasteiger partial charge in [0.2, 0.25) is 23.6 Å². The summed E-state index contributed by atoms with van der Waals surface area (Å²) in [6.07, 6.45) is 2.12. The molecule has 4 aromatic rings. The number of carbonyl (C=O) groups excluding carboxylic acids is 5. The van der Waals surface area contributed by atoms with Crippen LogP contribution in [0.1, 0.15) is 74.3 Å². The summed E-state index contributed by atoms with van der Waals surface area (Å²) in [6, 6.07) is 29.4. The highest BCUT2D eigenvalue weighted by Gasteiger charge is 2.33. The smallest absolute Gasteiger partial charge is 0.258 e. The Balaban J connectivity index is 0.953. The first-order chi connectivity index (χ1) is 24.7. The molecule has 0 aromatic heterocycles. The van der Waals surface area contributed by atoms with Crippen LogP contribution in [0.5, 0.6) is 0 Å². The number of hydrogen-bond acceptors (Lipinski definition) is 6. The third kappa shape index (κ3) is 8.26. The van der Waals surface area contributed by atoms with E-state index < -0.39 is 0 Å². The van der Waals surface area contributed by atoms with Crippen molar-refractivity contribution in [2.45, 2.75) is 64.5 Å². The molecule has 0 aliphatic carbocycles. The first-order valence-corrected chi connectivity index (χ1v) is 17.4. The Labute approximate surface area is 297 Å². The number of hydrogen-bond donors (Lipinski definition) is 4. The highest BCUT2D eigenvalue weighted by molar-refractivity contribution is 6.10. The predicted octanol–water partition coefficient (Wildman–Crippen LogP) is 7.11. The van der Waals surface area contributed by atoms with E-state index in [1.807, 2.05) is 60.4 Å². The molecule has 0 fully saturated rings. The van der Waals surface area contributed by atoms with Crippen LogP contribution in [-0.2, 0) is 19.2 Å². The fourth-order valence-electron chi connectivity index (χ4n) is 6.63. The molecule has 4 N–H and O–H groups in total. The van der Waals surface area contributed by atoms with Crippen molar-refractivity contribution in [3.63, 3.8) is 0 Å². The Hall–Kier alpha value is -5.97. The number of nitrogens with one attached hydrogen (secondary N) is 4. The number of nitrogens with zero attached hydrogens (tertiary/aromatic N) is 2. The molecule has 262 valence electrons. The molecule has 0 saturated carbocycles. The van der Waals surface area contributed by atoms with Crippen LogP contribution in [-0.4, -0.2) is 42.1 Å². The number of para-hydroxylation sites is 3. The molecule has 0 saturated heterocycles. The number of amides is 5. The van der Waals surface area contributed by atoms with Crippen molar-refractivity contribution in [3.05, 3.63) is 108 Å². The molecule has 0 spiro atoms. The van der Waals surface area contributed by atoms with Crippen molar-refractivity contribution in [2.24, 2.45) is 0 Å². The van der Waals surface area contributed by atoms with Gasteiger partial charge in [-0.2, -0.15) is 0 Å². The van der Waals surface area contributed by atoms with Crippen molar-refractivity contribution in [1.82, 2.24) is 0 Å². The SMILES string of the molecule is CCC(=O)N1c2ccccc2[C@H](Nc2ccc(NC(=O)CCCC(=O)Nc3ccc(C(=O)N4CCC(=O)Nc5ccccc54)cc3)cc2)C[C@@H]1C. The molecule has 4 aromatic carbocycles. The van der Waals surface area contributed by atoms with Crippen LogP contribution in [0.25, 0.3) is 0 Å². The minimum atomic E-state index is -0.240. The van der Waals surface area contributed by atoms with Crippen molar-refractivity contribution in [3.8, 4) is 0 Å². The van der Waals surface area contributed by atoms with Crippen LogP contribution < -0.4 is 31.1 Å². The van der Waals surface area contributed by atoms with Crippen LogP contribution in [0.4, 0.5) is 34.1 Å². The van der Waals surface area contributed by atoms with E-state index >= 15 is 0 Å². The van der Waals surface area contributed by atoms with Gasteiger partial charge >= 0.3 is 0 Å². The van der Waals surface area contributed by atoms with Crippen molar-refractivity contribution in [1.29, 1.82) is 0 Å². The summed E-state index contributed by atoms with van der Waals surface area (Å²) in [7, 11) is 0. The number of fused-ring (bicyclic) bond motifs is 2. The van der Waals surface area contributed by atoms with E-state index in [-0.39, 0.29) is 67.4 Å². The van der Waals surface area contributed by atoms with Gasteiger partial charge in [0, 0.05) is 66.6 Å². The van der Waals surface area contributed by atoms with E-state index in [1.165, 1.54) is 0 Å². The van der Waals surface area contributed by atoms with Gasteiger partial charge in [0.15, 0.2) is 0 Å².